The van der Waals surface area contributed by atoms with Crippen molar-refractivity contribution in [3.63, 3.8) is 0 Å². The average Bonchev–Trinajstić information content (AvgIpc) is 3.14. The van der Waals surface area contributed by atoms with Crippen molar-refractivity contribution in [1.82, 2.24) is 0 Å². The van der Waals surface area contributed by atoms with E-state index in [4.69, 9.17) is 14.2 Å². The van der Waals surface area contributed by atoms with Gasteiger partial charge in [0.15, 0.2) is 23.0 Å². The molecule has 0 aromatic carbocycles. The zero-order valence-corrected chi connectivity index (χ0v) is 20.6. The molecule has 1 aliphatic heterocycles. The number of rotatable bonds is 3. The molecule has 1 N–H and O–H groups in total. The van der Waals surface area contributed by atoms with Crippen LogP contribution in [-0.4, -0.2) is 59.0 Å². The number of fused-ring (bicyclic) bond motifs is 7. The summed E-state index contributed by atoms with van der Waals surface area (Å²) >= 11 is 0. The molecule has 1 heterocycles. The molecule has 0 amide bonds. The third-order valence-electron chi connectivity index (χ3n) is 9.72. The standard InChI is InChI=1S/C26H35FO7/c1-13(29)32-19-11-25(5)16(10-21-26(25,20(31)12-28)34-23(2,3)33-21)15-9-18(27)17-8-14(30)6-7-24(17,4)22(15)19/h8,15-16,18-19,21-22,28H,6-7,9-12H2,1-5H3/t15-,16-,18-,19-,21+,22+,24-,25-,26+/m0/s1. The average molecular weight is 479 g/mol. The van der Waals surface area contributed by atoms with E-state index in [-0.39, 0.29) is 30.0 Å². The number of Topliss-reactive ketones (excluding diaryl/α,β-unsaturated/α-hetero) is 1. The molecular weight excluding hydrogens is 443 g/mol. The quantitative estimate of drug-likeness (QED) is 0.623. The van der Waals surface area contributed by atoms with Gasteiger partial charge in [-0.2, -0.15) is 0 Å². The van der Waals surface area contributed by atoms with Gasteiger partial charge in [-0.1, -0.05) is 13.8 Å². The molecule has 34 heavy (non-hydrogen) atoms. The molecule has 0 spiro atoms. The van der Waals surface area contributed by atoms with Crippen molar-refractivity contribution < 1.29 is 38.1 Å². The number of aliphatic hydroxyl groups is 1. The van der Waals surface area contributed by atoms with E-state index < -0.39 is 59.0 Å². The minimum atomic E-state index is -1.40. The first kappa shape index (κ1) is 24.1. The number of allylic oxidation sites excluding steroid dienone is 1. The molecule has 4 aliphatic carbocycles. The molecule has 3 saturated carbocycles. The number of ketones is 2. The number of halogens is 1. The monoisotopic (exact) mass is 478 g/mol. The molecule has 0 radical (unpaired) electrons. The summed E-state index contributed by atoms with van der Waals surface area (Å²) in [4.78, 5) is 37.8. The lowest BCUT2D eigenvalue weighted by Crippen LogP contribution is -2.65. The maximum Gasteiger partial charge on any atom is 0.302 e. The lowest BCUT2D eigenvalue weighted by Gasteiger charge is -2.61. The molecule has 5 aliphatic rings. The Morgan fingerprint density at radius 2 is 1.94 bits per heavy atom. The van der Waals surface area contributed by atoms with Crippen LogP contribution in [0.25, 0.3) is 0 Å². The van der Waals surface area contributed by atoms with E-state index in [2.05, 4.69) is 0 Å². The van der Waals surface area contributed by atoms with E-state index in [9.17, 15) is 19.5 Å². The van der Waals surface area contributed by atoms with Crippen LogP contribution in [-0.2, 0) is 28.6 Å². The highest BCUT2D eigenvalue weighted by Gasteiger charge is 2.77. The topological polar surface area (TPSA) is 99.1 Å². The van der Waals surface area contributed by atoms with Crippen LogP contribution in [0.2, 0.25) is 0 Å². The van der Waals surface area contributed by atoms with Crippen LogP contribution in [0.4, 0.5) is 4.39 Å². The minimum absolute atomic E-state index is 0.0646. The van der Waals surface area contributed by atoms with Crippen molar-refractivity contribution in [3.05, 3.63) is 11.6 Å². The fourth-order valence-electron chi connectivity index (χ4n) is 8.69. The highest BCUT2D eigenvalue weighted by molar-refractivity contribution is 5.92. The van der Waals surface area contributed by atoms with Crippen LogP contribution in [0.5, 0.6) is 0 Å². The van der Waals surface area contributed by atoms with Crippen LogP contribution in [0.3, 0.4) is 0 Å². The van der Waals surface area contributed by atoms with Gasteiger partial charge in [0.05, 0.1) is 6.10 Å². The van der Waals surface area contributed by atoms with Gasteiger partial charge in [0.2, 0.25) is 0 Å². The smallest absolute Gasteiger partial charge is 0.302 e. The molecular formula is C26H35FO7. The SMILES string of the molecule is CC(=O)O[C@H]1C[C@@]2(C)[C@@H](C[C@H]3OC(C)(C)O[C@]32C(=O)CO)[C@@H]2C[C@H](F)C3=CC(=O)CC[C@]3(C)[C@H]21. The first-order chi connectivity index (χ1) is 15.8. The number of alkyl halides is 1. The summed E-state index contributed by atoms with van der Waals surface area (Å²) in [6, 6.07) is 0. The van der Waals surface area contributed by atoms with Crippen molar-refractivity contribution in [1.29, 1.82) is 0 Å². The van der Waals surface area contributed by atoms with Crippen molar-refractivity contribution in [2.24, 2.45) is 28.6 Å². The van der Waals surface area contributed by atoms with Gasteiger partial charge in [-0.25, -0.2) is 4.39 Å². The molecule has 0 bridgehead atoms. The van der Waals surface area contributed by atoms with Gasteiger partial charge in [-0.05, 0) is 68.4 Å². The van der Waals surface area contributed by atoms with Gasteiger partial charge in [0, 0.05) is 24.7 Å². The van der Waals surface area contributed by atoms with Gasteiger partial charge < -0.3 is 19.3 Å². The summed E-state index contributed by atoms with van der Waals surface area (Å²) < 4.78 is 34.2. The third kappa shape index (κ3) is 3.00. The molecule has 8 heteroatoms. The van der Waals surface area contributed by atoms with Gasteiger partial charge in [0.25, 0.3) is 0 Å². The van der Waals surface area contributed by atoms with E-state index in [0.717, 1.165) is 0 Å². The second-order valence-electron chi connectivity index (χ2n) is 11.9. The third-order valence-corrected chi connectivity index (χ3v) is 9.72. The predicted octanol–water partition coefficient (Wildman–Crippen LogP) is 3.07. The lowest BCUT2D eigenvalue weighted by molar-refractivity contribution is -0.232. The first-order valence-corrected chi connectivity index (χ1v) is 12.4. The Bertz CT molecular complexity index is 974. The summed E-state index contributed by atoms with van der Waals surface area (Å²) in [6.45, 7) is 8.12. The summed E-state index contributed by atoms with van der Waals surface area (Å²) in [5.74, 6) is -2.48. The van der Waals surface area contributed by atoms with E-state index in [1.165, 1.54) is 13.0 Å². The van der Waals surface area contributed by atoms with Crippen LogP contribution < -0.4 is 0 Å². The Labute approximate surface area is 199 Å². The van der Waals surface area contributed by atoms with E-state index >= 15 is 4.39 Å². The van der Waals surface area contributed by atoms with Gasteiger partial charge >= 0.3 is 5.97 Å². The molecule has 0 aromatic rings. The molecule has 4 fully saturated rings. The number of carbonyl (C=O) groups excluding carboxylic acids is 3. The Morgan fingerprint density at radius 1 is 1.24 bits per heavy atom. The fraction of sp³-hybridized carbons (Fsp3) is 0.808. The van der Waals surface area contributed by atoms with Crippen molar-refractivity contribution >= 4 is 17.5 Å². The summed E-state index contributed by atoms with van der Waals surface area (Å²) in [7, 11) is 0. The van der Waals surface area contributed by atoms with E-state index in [1.807, 2.05) is 13.8 Å². The summed E-state index contributed by atoms with van der Waals surface area (Å²) in [5, 5.41) is 9.95. The zero-order chi connectivity index (χ0) is 24.8. The van der Waals surface area contributed by atoms with Crippen LogP contribution in [0.1, 0.15) is 66.7 Å². The second kappa shape index (κ2) is 7.43. The van der Waals surface area contributed by atoms with Gasteiger partial charge in [-0.15, -0.1) is 0 Å². The summed E-state index contributed by atoms with van der Waals surface area (Å²) in [5.41, 5.74) is -2.33. The number of esters is 1. The lowest BCUT2D eigenvalue weighted by atomic mass is 9.45. The Morgan fingerprint density at radius 3 is 2.59 bits per heavy atom. The zero-order valence-electron chi connectivity index (χ0n) is 20.6. The van der Waals surface area contributed by atoms with Crippen molar-refractivity contribution in [2.45, 2.75) is 96.5 Å². The first-order valence-electron chi connectivity index (χ1n) is 12.4. The number of carbonyl (C=O) groups is 3. The largest absolute Gasteiger partial charge is 0.462 e. The van der Waals surface area contributed by atoms with Crippen LogP contribution in [0, 0.1) is 28.6 Å². The number of aliphatic hydroxyl groups excluding tert-OH is 1. The van der Waals surface area contributed by atoms with Crippen molar-refractivity contribution in [3.8, 4) is 0 Å². The Balaban J connectivity index is 1.65. The highest BCUT2D eigenvalue weighted by atomic mass is 19.1. The molecule has 0 unspecified atom stereocenters. The number of ether oxygens (including phenoxy) is 3. The highest BCUT2D eigenvalue weighted by Crippen LogP contribution is 2.71. The molecule has 7 nitrogen and oxygen atoms in total. The summed E-state index contributed by atoms with van der Waals surface area (Å²) in [6.07, 6.45) is 0.907. The Kier molecular flexibility index (Phi) is 5.26. The number of hydrogen-bond donors (Lipinski definition) is 1. The molecule has 5 rings (SSSR count). The number of hydrogen-bond acceptors (Lipinski definition) is 7. The van der Waals surface area contributed by atoms with Crippen LogP contribution in [0.15, 0.2) is 11.6 Å². The Hall–Kier alpha value is -1.64. The molecule has 9 atom stereocenters. The van der Waals surface area contributed by atoms with Gasteiger partial charge in [0.1, 0.15) is 18.9 Å². The minimum Gasteiger partial charge on any atom is -0.462 e. The molecule has 0 aromatic heterocycles. The van der Waals surface area contributed by atoms with Gasteiger partial charge in [-0.3, -0.25) is 14.4 Å². The normalized spacial score (nSPS) is 48.8. The maximum atomic E-state index is 15.7. The fourth-order valence-corrected chi connectivity index (χ4v) is 8.69. The van der Waals surface area contributed by atoms with E-state index in [0.29, 0.717) is 31.3 Å². The second-order valence-corrected chi connectivity index (χ2v) is 11.9. The predicted molar refractivity (Wildman–Crippen MR) is 118 cm³/mol. The maximum absolute atomic E-state index is 15.7. The molecule has 1 saturated heterocycles. The van der Waals surface area contributed by atoms with E-state index in [1.54, 1.807) is 13.8 Å². The van der Waals surface area contributed by atoms with Crippen molar-refractivity contribution in [2.75, 3.05) is 6.61 Å². The molecule has 188 valence electrons. The van der Waals surface area contributed by atoms with Crippen LogP contribution >= 0.6 is 0 Å².